The summed E-state index contributed by atoms with van der Waals surface area (Å²) in [6.07, 6.45) is 0. The second-order valence-electron chi connectivity index (χ2n) is 3.80. The third-order valence-electron chi connectivity index (χ3n) is 2.46. The highest BCUT2D eigenvalue weighted by atomic mass is 79.9. The van der Waals surface area contributed by atoms with Crippen molar-refractivity contribution < 1.29 is 22.4 Å². The molecule has 0 heterocycles. The second kappa shape index (κ2) is 5.62. The van der Waals surface area contributed by atoms with Crippen LogP contribution in [0.15, 0.2) is 34.8 Å². The summed E-state index contributed by atoms with van der Waals surface area (Å²) >= 11 is 3.01. The van der Waals surface area contributed by atoms with Crippen molar-refractivity contribution in [2.24, 2.45) is 0 Å². The molecular formula is C13H6BrF4NO. The van der Waals surface area contributed by atoms with E-state index in [1.807, 2.05) is 0 Å². The van der Waals surface area contributed by atoms with E-state index in [9.17, 15) is 22.4 Å². The van der Waals surface area contributed by atoms with Crippen LogP contribution in [0.4, 0.5) is 23.2 Å². The van der Waals surface area contributed by atoms with Gasteiger partial charge in [0.1, 0.15) is 5.82 Å². The fraction of sp³-hybridized carbons (Fsp3) is 0. The summed E-state index contributed by atoms with van der Waals surface area (Å²) in [5.74, 6) is -6.21. The van der Waals surface area contributed by atoms with E-state index in [1.165, 1.54) is 6.07 Å². The molecule has 1 N–H and O–H groups in total. The van der Waals surface area contributed by atoms with Gasteiger partial charge in [-0.05, 0) is 46.3 Å². The van der Waals surface area contributed by atoms with Crippen molar-refractivity contribution in [3.63, 3.8) is 0 Å². The summed E-state index contributed by atoms with van der Waals surface area (Å²) in [4.78, 5) is 11.8. The first-order valence-electron chi connectivity index (χ1n) is 5.30. The number of hydrogen-bond acceptors (Lipinski definition) is 1. The number of halogens is 5. The molecule has 0 bridgehead atoms. The average molecular weight is 348 g/mol. The maximum Gasteiger partial charge on any atom is 0.258 e. The fourth-order valence-electron chi connectivity index (χ4n) is 1.48. The Balaban J connectivity index is 2.31. The lowest BCUT2D eigenvalue weighted by molar-refractivity contribution is 0.102. The molecule has 0 radical (unpaired) electrons. The third-order valence-corrected chi connectivity index (χ3v) is 3.12. The number of benzene rings is 2. The number of carbonyl (C=O) groups excluding carboxylic acids is 1. The van der Waals surface area contributed by atoms with E-state index >= 15 is 0 Å². The summed E-state index contributed by atoms with van der Waals surface area (Å²) < 4.78 is 52.3. The molecule has 2 nitrogen and oxygen atoms in total. The summed E-state index contributed by atoms with van der Waals surface area (Å²) in [6, 6.07) is 4.89. The Kier molecular flexibility index (Phi) is 4.08. The molecule has 104 valence electrons. The summed E-state index contributed by atoms with van der Waals surface area (Å²) in [5, 5.41) is 2.26. The normalized spacial score (nSPS) is 10.4. The molecule has 2 aromatic carbocycles. The molecule has 0 aromatic heterocycles. The molecule has 0 aliphatic carbocycles. The van der Waals surface area contributed by atoms with Crippen LogP contribution >= 0.6 is 15.9 Å². The lowest BCUT2D eigenvalue weighted by Gasteiger charge is -2.08. The predicted molar refractivity (Wildman–Crippen MR) is 68.4 cm³/mol. The van der Waals surface area contributed by atoms with Crippen LogP contribution in [0.5, 0.6) is 0 Å². The summed E-state index contributed by atoms with van der Waals surface area (Å²) in [5.41, 5.74) is -0.486. The van der Waals surface area contributed by atoms with E-state index in [0.29, 0.717) is 6.07 Å². The van der Waals surface area contributed by atoms with E-state index in [-0.39, 0.29) is 10.2 Å². The monoisotopic (exact) mass is 347 g/mol. The molecule has 1 amide bonds. The molecule has 0 unspecified atom stereocenters. The molecule has 0 fully saturated rings. The Hall–Kier alpha value is -1.89. The van der Waals surface area contributed by atoms with Gasteiger partial charge in [-0.15, -0.1) is 0 Å². The van der Waals surface area contributed by atoms with Crippen molar-refractivity contribution in [1.29, 1.82) is 0 Å². The van der Waals surface area contributed by atoms with Crippen LogP contribution in [0.3, 0.4) is 0 Å². The average Bonchev–Trinajstić information content (AvgIpc) is 2.39. The zero-order valence-corrected chi connectivity index (χ0v) is 11.3. The molecule has 2 rings (SSSR count). The first-order valence-corrected chi connectivity index (χ1v) is 6.09. The van der Waals surface area contributed by atoms with Gasteiger partial charge in [0.25, 0.3) is 5.91 Å². The van der Waals surface area contributed by atoms with Crippen molar-refractivity contribution in [2.75, 3.05) is 5.32 Å². The van der Waals surface area contributed by atoms with Gasteiger partial charge in [0.15, 0.2) is 17.5 Å². The molecule has 0 aliphatic heterocycles. The molecule has 7 heteroatoms. The SMILES string of the molecule is O=C(Nc1ccc(F)cc1Br)c1ccc(F)c(F)c1F. The number of hydrogen-bond donors (Lipinski definition) is 1. The van der Waals surface area contributed by atoms with E-state index in [2.05, 4.69) is 21.2 Å². The molecule has 0 spiro atoms. The minimum Gasteiger partial charge on any atom is -0.321 e. The van der Waals surface area contributed by atoms with Gasteiger partial charge in [-0.25, -0.2) is 17.6 Å². The van der Waals surface area contributed by atoms with Crippen LogP contribution in [0.1, 0.15) is 10.4 Å². The van der Waals surface area contributed by atoms with Gasteiger partial charge in [0, 0.05) is 4.47 Å². The number of nitrogens with one attached hydrogen (secondary N) is 1. The van der Waals surface area contributed by atoms with E-state index < -0.39 is 34.7 Å². The van der Waals surface area contributed by atoms with Gasteiger partial charge in [-0.3, -0.25) is 4.79 Å². The summed E-state index contributed by atoms with van der Waals surface area (Å²) in [6.45, 7) is 0. The Bertz CT molecular complexity index is 690. The second-order valence-corrected chi connectivity index (χ2v) is 4.66. The molecule has 0 aliphatic rings. The van der Waals surface area contributed by atoms with Gasteiger partial charge in [-0.2, -0.15) is 0 Å². The third kappa shape index (κ3) is 2.82. The van der Waals surface area contributed by atoms with E-state index in [0.717, 1.165) is 18.2 Å². The Labute approximate surface area is 119 Å². The van der Waals surface area contributed by atoms with E-state index in [1.54, 1.807) is 0 Å². The number of rotatable bonds is 2. The zero-order chi connectivity index (χ0) is 14.9. The van der Waals surface area contributed by atoms with Crippen molar-refractivity contribution in [1.82, 2.24) is 0 Å². The van der Waals surface area contributed by atoms with Gasteiger partial charge in [0.05, 0.1) is 11.3 Å². The van der Waals surface area contributed by atoms with Crippen LogP contribution in [-0.4, -0.2) is 5.91 Å². The first kappa shape index (κ1) is 14.5. The minimum absolute atomic E-state index is 0.167. The summed E-state index contributed by atoms with van der Waals surface area (Å²) in [7, 11) is 0. The number of carbonyl (C=O) groups is 1. The highest BCUT2D eigenvalue weighted by molar-refractivity contribution is 9.10. The van der Waals surface area contributed by atoms with Crippen LogP contribution in [0, 0.1) is 23.3 Å². The topological polar surface area (TPSA) is 29.1 Å². The maximum atomic E-state index is 13.4. The fourth-order valence-corrected chi connectivity index (χ4v) is 1.93. The highest BCUT2D eigenvalue weighted by Crippen LogP contribution is 2.24. The predicted octanol–water partition coefficient (Wildman–Crippen LogP) is 4.26. The largest absolute Gasteiger partial charge is 0.321 e. The van der Waals surface area contributed by atoms with Gasteiger partial charge >= 0.3 is 0 Å². The van der Waals surface area contributed by atoms with Crippen molar-refractivity contribution >= 4 is 27.5 Å². The molecule has 0 saturated carbocycles. The lowest BCUT2D eigenvalue weighted by atomic mass is 10.1. The highest BCUT2D eigenvalue weighted by Gasteiger charge is 2.19. The van der Waals surface area contributed by atoms with Crippen LogP contribution in [0.2, 0.25) is 0 Å². The van der Waals surface area contributed by atoms with Crippen LogP contribution in [0.25, 0.3) is 0 Å². The standard InChI is InChI=1S/C13H6BrF4NO/c14-8-5-6(15)1-4-10(8)19-13(20)7-2-3-9(16)12(18)11(7)17/h1-5H,(H,19,20). The lowest BCUT2D eigenvalue weighted by Crippen LogP contribution is -2.15. The molecule has 0 saturated heterocycles. The van der Waals surface area contributed by atoms with Crippen LogP contribution in [-0.2, 0) is 0 Å². The van der Waals surface area contributed by atoms with Crippen LogP contribution < -0.4 is 5.32 Å². The molecular weight excluding hydrogens is 342 g/mol. The Morgan fingerprint density at radius 1 is 1.00 bits per heavy atom. The maximum absolute atomic E-state index is 13.4. The Morgan fingerprint density at radius 2 is 1.70 bits per heavy atom. The Morgan fingerprint density at radius 3 is 2.35 bits per heavy atom. The van der Waals surface area contributed by atoms with Crippen molar-refractivity contribution in [3.05, 3.63) is 63.6 Å². The van der Waals surface area contributed by atoms with E-state index in [4.69, 9.17) is 0 Å². The van der Waals surface area contributed by atoms with Gasteiger partial charge in [-0.1, -0.05) is 0 Å². The molecule has 20 heavy (non-hydrogen) atoms. The minimum atomic E-state index is -1.73. The number of amides is 1. The van der Waals surface area contributed by atoms with Crippen molar-refractivity contribution in [2.45, 2.75) is 0 Å². The molecule has 2 aromatic rings. The van der Waals surface area contributed by atoms with Crippen molar-refractivity contribution in [3.8, 4) is 0 Å². The quantitative estimate of drug-likeness (QED) is 0.638. The van der Waals surface area contributed by atoms with Gasteiger partial charge in [0.2, 0.25) is 0 Å². The number of anilines is 1. The zero-order valence-electron chi connectivity index (χ0n) is 9.68. The van der Waals surface area contributed by atoms with Gasteiger partial charge < -0.3 is 5.32 Å². The smallest absolute Gasteiger partial charge is 0.258 e. The molecule has 0 atom stereocenters. The first-order chi connectivity index (χ1) is 9.40.